The maximum Gasteiger partial charge on any atom is 0.170 e. The molecule has 0 saturated carbocycles. The second-order valence-electron chi connectivity index (χ2n) is 4.38. The van der Waals surface area contributed by atoms with Crippen molar-refractivity contribution in [2.45, 2.75) is 26.6 Å². The smallest absolute Gasteiger partial charge is 0.170 e. The number of hydrogen-bond donors (Lipinski definition) is 1. The highest BCUT2D eigenvalue weighted by Crippen LogP contribution is 2.28. The van der Waals surface area contributed by atoms with E-state index >= 15 is 0 Å². The van der Waals surface area contributed by atoms with E-state index in [-0.39, 0.29) is 0 Å². The molecule has 1 aromatic carbocycles. The molecule has 1 atom stereocenters. The Morgan fingerprint density at radius 3 is 2.68 bits per heavy atom. The summed E-state index contributed by atoms with van der Waals surface area (Å²) >= 11 is 6.11. The molecule has 0 aliphatic rings. The highest BCUT2D eigenvalue weighted by molar-refractivity contribution is 6.32. The lowest BCUT2D eigenvalue weighted by Crippen LogP contribution is -2.05. The van der Waals surface area contributed by atoms with Crippen molar-refractivity contribution < 1.29 is 9.84 Å². The van der Waals surface area contributed by atoms with E-state index in [2.05, 4.69) is 10.2 Å². The Labute approximate surface area is 116 Å². The number of aryl methyl sites for hydroxylation is 1. The van der Waals surface area contributed by atoms with E-state index in [0.717, 1.165) is 17.2 Å². The third-order valence-electron chi connectivity index (χ3n) is 2.98. The molecule has 5 nitrogen and oxygen atoms in total. The first kappa shape index (κ1) is 13.8. The van der Waals surface area contributed by atoms with Crippen molar-refractivity contribution in [3.63, 3.8) is 0 Å². The molecule has 0 bridgehead atoms. The number of aliphatic hydroxyl groups excluding tert-OH is 1. The number of benzene rings is 1. The molecule has 0 saturated heterocycles. The first-order valence-electron chi connectivity index (χ1n) is 5.94. The zero-order valence-electron chi connectivity index (χ0n) is 11.1. The lowest BCUT2D eigenvalue weighted by atomic mass is 10.1. The standard InChI is InChI=1S/C13H16ClN3O2/c1-8(18)10-4-5-12(11(14)6-10)19-7-13-16-15-9(2)17(13)3/h4-6,8,18H,7H2,1-3H3. The second-order valence-corrected chi connectivity index (χ2v) is 4.78. The summed E-state index contributed by atoms with van der Waals surface area (Å²) in [4.78, 5) is 0. The third kappa shape index (κ3) is 3.05. The molecule has 6 heteroatoms. The van der Waals surface area contributed by atoms with E-state index in [1.54, 1.807) is 25.1 Å². The van der Waals surface area contributed by atoms with Crippen molar-refractivity contribution >= 4 is 11.6 Å². The minimum Gasteiger partial charge on any atom is -0.484 e. The van der Waals surface area contributed by atoms with Gasteiger partial charge in [-0.1, -0.05) is 17.7 Å². The molecule has 0 radical (unpaired) electrons. The van der Waals surface area contributed by atoms with E-state index < -0.39 is 6.10 Å². The van der Waals surface area contributed by atoms with Crippen LogP contribution in [0, 0.1) is 6.92 Å². The van der Waals surface area contributed by atoms with Crippen molar-refractivity contribution in [2.75, 3.05) is 0 Å². The number of nitrogens with zero attached hydrogens (tertiary/aromatic N) is 3. The van der Waals surface area contributed by atoms with Crippen molar-refractivity contribution in [1.29, 1.82) is 0 Å². The summed E-state index contributed by atoms with van der Waals surface area (Å²) in [6, 6.07) is 5.23. The summed E-state index contributed by atoms with van der Waals surface area (Å²) in [5.41, 5.74) is 0.756. The van der Waals surface area contributed by atoms with Gasteiger partial charge >= 0.3 is 0 Å². The molecule has 0 spiro atoms. The van der Waals surface area contributed by atoms with Gasteiger partial charge in [0, 0.05) is 7.05 Å². The molecule has 0 aliphatic carbocycles. The van der Waals surface area contributed by atoms with E-state index in [9.17, 15) is 5.11 Å². The first-order chi connectivity index (χ1) is 8.99. The van der Waals surface area contributed by atoms with Crippen LogP contribution in [0.3, 0.4) is 0 Å². The van der Waals surface area contributed by atoms with Gasteiger partial charge < -0.3 is 14.4 Å². The molecule has 2 aromatic rings. The van der Waals surface area contributed by atoms with Gasteiger partial charge in [0.05, 0.1) is 11.1 Å². The van der Waals surface area contributed by atoms with Crippen LogP contribution in [0.5, 0.6) is 5.75 Å². The Bertz CT molecular complexity index is 581. The van der Waals surface area contributed by atoms with Crippen molar-refractivity contribution in [1.82, 2.24) is 14.8 Å². The lowest BCUT2D eigenvalue weighted by molar-refractivity contribution is 0.199. The second kappa shape index (κ2) is 5.59. The number of aromatic nitrogens is 3. The summed E-state index contributed by atoms with van der Waals surface area (Å²) in [6.07, 6.45) is -0.548. The molecule has 1 N–H and O–H groups in total. The summed E-state index contributed by atoms with van der Waals surface area (Å²) in [5, 5.41) is 17.9. The maximum atomic E-state index is 9.47. The number of halogens is 1. The number of ether oxygens (including phenoxy) is 1. The minimum absolute atomic E-state index is 0.297. The molecule has 102 valence electrons. The predicted octanol–water partition coefficient (Wildman–Crippen LogP) is 2.41. The number of rotatable bonds is 4. The van der Waals surface area contributed by atoms with E-state index in [4.69, 9.17) is 16.3 Å². The van der Waals surface area contributed by atoms with Crippen molar-refractivity contribution in [2.24, 2.45) is 7.05 Å². The van der Waals surface area contributed by atoms with Crippen molar-refractivity contribution in [3.05, 3.63) is 40.4 Å². The fraction of sp³-hybridized carbons (Fsp3) is 0.385. The summed E-state index contributed by atoms with van der Waals surface area (Å²) in [5.74, 6) is 2.12. The average Bonchev–Trinajstić information content (AvgIpc) is 2.68. The van der Waals surface area contributed by atoms with Gasteiger partial charge in [-0.05, 0) is 31.5 Å². The molecule has 0 amide bonds. The molecule has 2 rings (SSSR count). The normalized spacial score (nSPS) is 12.5. The molecule has 0 fully saturated rings. The van der Waals surface area contributed by atoms with Crippen LogP contribution in [0.25, 0.3) is 0 Å². The van der Waals surface area contributed by atoms with Gasteiger partial charge in [-0.2, -0.15) is 0 Å². The van der Waals surface area contributed by atoms with Crippen LogP contribution in [0.1, 0.15) is 30.2 Å². The molecule has 19 heavy (non-hydrogen) atoms. The fourth-order valence-electron chi connectivity index (χ4n) is 1.61. The van der Waals surface area contributed by atoms with Gasteiger partial charge in [0.25, 0.3) is 0 Å². The van der Waals surface area contributed by atoms with E-state index in [1.807, 2.05) is 18.5 Å². The average molecular weight is 282 g/mol. The molecular formula is C13H16ClN3O2. The summed E-state index contributed by atoms with van der Waals surface area (Å²) in [7, 11) is 1.88. The zero-order chi connectivity index (χ0) is 14.0. The molecule has 1 heterocycles. The monoisotopic (exact) mass is 281 g/mol. The Kier molecular flexibility index (Phi) is 4.07. The largest absolute Gasteiger partial charge is 0.484 e. The minimum atomic E-state index is -0.548. The number of aliphatic hydroxyl groups is 1. The van der Waals surface area contributed by atoms with Crippen LogP contribution in [0.2, 0.25) is 5.02 Å². The lowest BCUT2D eigenvalue weighted by Gasteiger charge is -2.10. The highest BCUT2D eigenvalue weighted by Gasteiger charge is 2.09. The first-order valence-corrected chi connectivity index (χ1v) is 6.32. The van der Waals surface area contributed by atoms with Crippen molar-refractivity contribution in [3.8, 4) is 5.75 Å². The van der Waals surface area contributed by atoms with E-state index in [0.29, 0.717) is 17.4 Å². The van der Waals surface area contributed by atoms with Crippen LogP contribution in [-0.4, -0.2) is 19.9 Å². The topological polar surface area (TPSA) is 60.2 Å². The SMILES string of the molecule is Cc1nnc(COc2ccc(C(C)O)cc2Cl)n1C. The van der Waals surface area contributed by atoms with Gasteiger partial charge in [0.2, 0.25) is 0 Å². The Morgan fingerprint density at radius 1 is 1.42 bits per heavy atom. The van der Waals surface area contributed by atoms with Crippen LogP contribution >= 0.6 is 11.6 Å². The van der Waals surface area contributed by atoms with Gasteiger partial charge in [-0.15, -0.1) is 10.2 Å². The highest BCUT2D eigenvalue weighted by atomic mass is 35.5. The van der Waals surface area contributed by atoms with Gasteiger partial charge in [0.1, 0.15) is 18.2 Å². The summed E-state index contributed by atoms with van der Waals surface area (Å²) in [6.45, 7) is 3.86. The molecule has 1 unspecified atom stereocenters. The quantitative estimate of drug-likeness (QED) is 0.935. The zero-order valence-corrected chi connectivity index (χ0v) is 11.8. The van der Waals surface area contributed by atoms with Gasteiger partial charge in [0.15, 0.2) is 5.82 Å². The Hall–Kier alpha value is -1.59. The third-order valence-corrected chi connectivity index (χ3v) is 3.27. The molecule has 0 aliphatic heterocycles. The van der Waals surface area contributed by atoms with Gasteiger partial charge in [-0.3, -0.25) is 0 Å². The van der Waals surface area contributed by atoms with Crippen LogP contribution in [-0.2, 0) is 13.7 Å². The Balaban J connectivity index is 2.10. The Morgan fingerprint density at radius 2 is 2.16 bits per heavy atom. The molecular weight excluding hydrogens is 266 g/mol. The van der Waals surface area contributed by atoms with Crippen LogP contribution in [0.4, 0.5) is 0 Å². The van der Waals surface area contributed by atoms with Crippen LogP contribution in [0.15, 0.2) is 18.2 Å². The van der Waals surface area contributed by atoms with E-state index in [1.165, 1.54) is 0 Å². The predicted molar refractivity (Wildman–Crippen MR) is 72.2 cm³/mol. The maximum absolute atomic E-state index is 9.47. The molecule has 1 aromatic heterocycles. The van der Waals surface area contributed by atoms with Crippen LogP contribution < -0.4 is 4.74 Å². The fourth-order valence-corrected chi connectivity index (χ4v) is 1.86. The number of hydrogen-bond acceptors (Lipinski definition) is 4. The summed E-state index contributed by atoms with van der Waals surface area (Å²) < 4.78 is 7.47. The van der Waals surface area contributed by atoms with Gasteiger partial charge in [-0.25, -0.2) is 0 Å².